The number of pyridine rings is 1. The Morgan fingerprint density at radius 3 is 2.62 bits per heavy atom. The normalized spacial score (nSPS) is 22.5. The number of aryl methyl sites for hydroxylation is 2. The quantitative estimate of drug-likeness (QED) is 0.290. The van der Waals surface area contributed by atoms with Crippen LogP contribution in [0.5, 0.6) is 0 Å². The molecule has 4 rings (SSSR count). The number of amides is 1. The molecule has 2 aliphatic rings. The fourth-order valence-electron chi connectivity index (χ4n) is 5.44. The van der Waals surface area contributed by atoms with Gasteiger partial charge in [0.1, 0.15) is 5.60 Å². The Labute approximate surface area is 231 Å². The van der Waals surface area contributed by atoms with E-state index in [0.717, 1.165) is 44.3 Å². The lowest BCUT2D eigenvalue weighted by Gasteiger charge is -2.46. The van der Waals surface area contributed by atoms with Crippen LogP contribution in [0.2, 0.25) is 0 Å². The number of hydrogen-bond donors (Lipinski definition) is 1. The van der Waals surface area contributed by atoms with Crippen LogP contribution in [-0.2, 0) is 49.4 Å². The number of carbonyl (C=O) groups is 1. The third-order valence-corrected chi connectivity index (χ3v) is 7.92. The number of carbonyl (C=O) groups excluding carboxylic acids is 1. The van der Waals surface area contributed by atoms with Crippen molar-refractivity contribution in [3.05, 3.63) is 69.6 Å². The lowest BCUT2D eigenvalue weighted by molar-refractivity contribution is -0.151. The van der Waals surface area contributed by atoms with Crippen LogP contribution >= 0.6 is 0 Å². The summed E-state index contributed by atoms with van der Waals surface area (Å²) in [5.74, 6) is -0.434. The minimum atomic E-state index is -0.845. The van der Waals surface area contributed by atoms with Crippen molar-refractivity contribution < 1.29 is 23.7 Å². The lowest BCUT2D eigenvalue weighted by atomic mass is 9.75. The van der Waals surface area contributed by atoms with Crippen LogP contribution in [0, 0.1) is 5.92 Å². The van der Waals surface area contributed by atoms with E-state index in [1.54, 1.807) is 40.6 Å². The molecule has 1 N–H and O–H groups in total. The van der Waals surface area contributed by atoms with E-state index in [-0.39, 0.29) is 23.8 Å². The van der Waals surface area contributed by atoms with Gasteiger partial charge >= 0.3 is 0 Å². The van der Waals surface area contributed by atoms with E-state index in [1.807, 2.05) is 6.07 Å². The maximum Gasteiger partial charge on any atom is 0.250 e. The van der Waals surface area contributed by atoms with Gasteiger partial charge in [0.05, 0.1) is 19.1 Å². The molecule has 1 saturated heterocycles. The van der Waals surface area contributed by atoms with Crippen molar-refractivity contribution in [2.24, 2.45) is 13.0 Å². The second-order valence-electron chi connectivity index (χ2n) is 10.7. The monoisotopic (exact) mass is 541 g/mol. The molecule has 1 aromatic heterocycles. The van der Waals surface area contributed by atoms with Crippen molar-refractivity contribution in [1.82, 2.24) is 14.8 Å². The fraction of sp³-hybridized carbons (Fsp3) is 0.600. The maximum atomic E-state index is 13.5. The van der Waals surface area contributed by atoms with Crippen molar-refractivity contribution in [2.45, 2.75) is 56.6 Å². The molecular weight excluding hydrogens is 498 g/mol. The fourth-order valence-corrected chi connectivity index (χ4v) is 5.44. The Kier molecular flexibility index (Phi) is 10.3. The lowest BCUT2D eigenvalue weighted by Crippen LogP contribution is -2.56. The van der Waals surface area contributed by atoms with Crippen molar-refractivity contribution in [3.8, 4) is 0 Å². The summed E-state index contributed by atoms with van der Waals surface area (Å²) >= 11 is 0. The second-order valence-corrected chi connectivity index (χ2v) is 10.7. The molecule has 1 aromatic carbocycles. The molecule has 214 valence electrons. The first-order valence-corrected chi connectivity index (χ1v) is 13.8. The number of nitrogens with one attached hydrogen (secondary N) is 1. The van der Waals surface area contributed by atoms with Gasteiger partial charge < -0.3 is 28.8 Å². The molecule has 39 heavy (non-hydrogen) atoms. The van der Waals surface area contributed by atoms with Crippen LogP contribution in [0.1, 0.15) is 42.4 Å². The number of benzene rings is 1. The molecule has 1 aliphatic heterocycles. The van der Waals surface area contributed by atoms with Crippen LogP contribution in [-0.4, -0.2) is 75.3 Å². The highest BCUT2D eigenvalue weighted by atomic mass is 16.7. The van der Waals surface area contributed by atoms with E-state index in [0.29, 0.717) is 26.2 Å². The largest absolute Gasteiger partial charge is 0.382 e. The molecule has 3 atom stereocenters. The van der Waals surface area contributed by atoms with Gasteiger partial charge in [0.25, 0.3) is 5.56 Å². The number of aromatic nitrogens is 1. The van der Waals surface area contributed by atoms with Crippen LogP contribution < -0.4 is 10.9 Å². The van der Waals surface area contributed by atoms with Crippen molar-refractivity contribution >= 4 is 5.91 Å². The molecule has 1 aliphatic carbocycles. The highest BCUT2D eigenvalue weighted by Crippen LogP contribution is 2.41. The summed E-state index contributed by atoms with van der Waals surface area (Å²) in [5, 5.41) is 3.19. The number of hydrogen-bond acceptors (Lipinski definition) is 7. The Bertz CT molecular complexity index is 1150. The third-order valence-electron chi connectivity index (χ3n) is 7.92. The number of likely N-dealkylation sites (tertiary alicyclic amines) is 1. The topological polar surface area (TPSA) is 91.3 Å². The SMILES string of the molecule is COCCOC(CCc1cccc(CN2CCC(OC)(c3ccn(C)c(=O)c3)C(C(=O)NC3CC3)C2)c1)OC. The molecule has 9 nitrogen and oxygen atoms in total. The van der Waals surface area contributed by atoms with E-state index in [1.165, 1.54) is 15.7 Å². The summed E-state index contributed by atoms with van der Waals surface area (Å²) in [5.41, 5.74) is 2.23. The van der Waals surface area contributed by atoms with Gasteiger partial charge in [-0.15, -0.1) is 0 Å². The summed E-state index contributed by atoms with van der Waals surface area (Å²) in [6, 6.07) is 12.3. The molecule has 1 amide bonds. The molecular formula is C30H43N3O6. The minimum absolute atomic E-state index is 0.00226. The van der Waals surface area contributed by atoms with Gasteiger partial charge in [-0.05, 0) is 48.4 Å². The Morgan fingerprint density at radius 1 is 1.13 bits per heavy atom. The zero-order valence-electron chi connectivity index (χ0n) is 23.7. The second kappa shape index (κ2) is 13.7. The zero-order chi connectivity index (χ0) is 27.8. The van der Waals surface area contributed by atoms with Crippen molar-refractivity contribution in [1.29, 1.82) is 0 Å². The van der Waals surface area contributed by atoms with Crippen LogP contribution in [0.25, 0.3) is 0 Å². The Morgan fingerprint density at radius 2 is 1.92 bits per heavy atom. The molecule has 0 bridgehead atoms. The number of rotatable bonds is 14. The summed E-state index contributed by atoms with van der Waals surface area (Å²) < 4.78 is 23.9. The zero-order valence-corrected chi connectivity index (χ0v) is 23.7. The summed E-state index contributed by atoms with van der Waals surface area (Å²) in [7, 11) is 6.69. The number of nitrogens with zero attached hydrogens (tertiary/aromatic N) is 2. The number of ether oxygens (including phenoxy) is 4. The Hall–Kier alpha value is -2.56. The van der Waals surface area contributed by atoms with Crippen molar-refractivity contribution in [2.75, 3.05) is 47.6 Å². The van der Waals surface area contributed by atoms with E-state index in [2.05, 4.69) is 34.5 Å². The molecule has 3 unspecified atom stereocenters. The number of piperidine rings is 1. The van der Waals surface area contributed by atoms with Gasteiger partial charge in [0.2, 0.25) is 5.91 Å². The first-order valence-electron chi connectivity index (χ1n) is 13.8. The molecule has 0 spiro atoms. The van der Waals surface area contributed by atoms with Crippen LogP contribution in [0.4, 0.5) is 0 Å². The van der Waals surface area contributed by atoms with Gasteiger partial charge in [-0.25, -0.2) is 0 Å². The summed E-state index contributed by atoms with van der Waals surface area (Å²) in [6.07, 6.45) is 5.72. The predicted molar refractivity (Wildman–Crippen MR) is 148 cm³/mol. The molecule has 0 radical (unpaired) electrons. The first-order chi connectivity index (χ1) is 18.9. The van der Waals surface area contributed by atoms with Gasteiger partial charge in [-0.3, -0.25) is 14.5 Å². The van der Waals surface area contributed by atoms with E-state index in [9.17, 15) is 9.59 Å². The standard InChI is InChI=1S/C30H43N3O6/c1-32-14-12-24(19-27(32)34)30(38-4)13-15-33(21-26(30)29(35)31-25-9-10-25)20-23-7-5-6-22(18-23)8-11-28(37-3)39-17-16-36-2/h5-7,12,14,18-19,25-26,28H,8-11,13,15-17,20-21H2,1-4H3,(H,31,35). The average Bonchev–Trinajstić information content (AvgIpc) is 3.76. The summed E-state index contributed by atoms with van der Waals surface area (Å²) in [4.78, 5) is 28.4. The summed E-state index contributed by atoms with van der Waals surface area (Å²) in [6.45, 7) is 3.07. The average molecular weight is 542 g/mol. The maximum absolute atomic E-state index is 13.5. The van der Waals surface area contributed by atoms with Gasteiger partial charge in [0, 0.05) is 72.7 Å². The smallest absolute Gasteiger partial charge is 0.250 e. The predicted octanol–water partition coefficient (Wildman–Crippen LogP) is 2.60. The van der Waals surface area contributed by atoms with Gasteiger partial charge in [0.15, 0.2) is 6.29 Å². The van der Waals surface area contributed by atoms with E-state index in [4.69, 9.17) is 18.9 Å². The molecule has 2 heterocycles. The number of methoxy groups -OCH3 is 3. The van der Waals surface area contributed by atoms with Gasteiger partial charge in [-0.1, -0.05) is 24.3 Å². The highest BCUT2D eigenvalue weighted by molar-refractivity contribution is 5.81. The molecule has 2 aromatic rings. The van der Waals surface area contributed by atoms with E-state index >= 15 is 0 Å². The van der Waals surface area contributed by atoms with Crippen LogP contribution in [0.3, 0.4) is 0 Å². The molecule has 1 saturated carbocycles. The highest BCUT2D eigenvalue weighted by Gasteiger charge is 2.49. The first kappa shape index (κ1) is 29.4. The van der Waals surface area contributed by atoms with Gasteiger partial charge in [-0.2, -0.15) is 0 Å². The van der Waals surface area contributed by atoms with Crippen molar-refractivity contribution in [3.63, 3.8) is 0 Å². The Balaban J connectivity index is 1.46. The third kappa shape index (κ3) is 7.55. The molecule has 9 heteroatoms. The molecule has 2 fully saturated rings. The minimum Gasteiger partial charge on any atom is -0.382 e. The van der Waals surface area contributed by atoms with Crippen LogP contribution in [0.15, 0.2) is 47.4 Å². The van der Waals surface area contributed by atoms with E-state index < -0.39 is 11.5 Å².